The molecule has 0 amide bonds. The Morgan fingerprint density at radius 1 is 0.554 bits per heavy atom. The second kappa shape index (κ2) is 28.7. The Bertz CT molecular complexity index is 4000. The van der Waals surface area contributed by atoms with Crippen LogP contribution >= 0.6 is 92.8 Å². The number of ether oxygens (including phenoxy) is 3. The number of methoxy groups -OCH3 is 1. The van der Waals surface area contributed by atoms with E-state index in [-0.39, 0.29) is 121 Å². The van der Waals surface area contributed by atoms with Gasteiger partial charge in [-0.1, -0.05) is 111 Å². The van der Waals surface area contributed by atoms with E-state index >= 15 is 0 Å². The molecule has 5 heterocycles. The standard InChI is InChI=1S/C19H17Cl3N4O4S.C16H10Cl3N3O5S.C13H13Cl2N3O5S/c20-14-2-1-3-15(17(14)22)31(27,28)26-18-19(25-16(21)9-24-18)29-10-13-7-6-12(30-13)8-23-11-4-5-11;17-11-2-1-3-12(14(11)19)28(24,25)22-15-16(21-13(18)6-20-15)26-8-10-5-4-9(7-23)27-10;1-23-13-12(16-8(5-19)9(6-20)17-13)18-24(21,22)10-4-2-3-7(14)11(10)15/h1-3,6-7,9,11,23H,4-5,8,10H2,(H,24,26);1-7H,8H2,(H,20,22);2-4,19-20H,5-6H2,1H3,(H,16,18). The fraction of sp³-hybridized carbons (Fsp3) is 0.188. The van der Waals surface area contributed by atoms with Gasteiger partial charge >= 0.3 is 0 Å². The maximum absolute atomic E-state index is 12.8. The van der Waals surface area contributed by atoms with Crippen LogP contribution in [0.5, 0.6) is 17.6 Å². The molecule has 35 heteroatoms. The molecule has 1 fully saturated rings. The highest BCUT2D eigenvalue weighted by atomic mass is 35.5. The summed E-state index contributed by atoms with van der Waals surface area (Å²) in [5, 5.41) is 21.7. The van der Waals surface area contributed by atoms with E-state index in [0.717, 1.165) is 12.0 Å². The van der Waals surface area contributed by atoms with Gasteiger partial charge in [-0.25, -0.2) is 45.2 Å². The molecule has 6 N–H and O–H groups in total. The van der Waals surface area contributed by atoms with Gasteiger partial charge in [0.1, 0.15) is 45.2 Å². The predicted molar refractivity (Wildman–Crippen MR) is 308 cm³/mol. The molecule has 5 aromatic heterocycles. The van der Waals surface area contributed by atoms with Crippen LogP contribution in [-0.2, 0) is 63.0 Å². The SMILES string of the molecule is COc1nc(CO)c(CO)nc1NS(=O)(=O)c1cccc(Cl)c1Cl.O=Cc1ccc(COc2nc(Cl)cnc2NS(=O)(=O)c2cccc(Cl)c2Cl)o1.O=S(=O)(Nc1ncc(Cl)nc1OCc1ccc(CNC2CC2)o1)c1cccc(Cl)c1Cl. The molecule has 24 nitrogen and oxygen atoms in total. The highest BCUT2D eigenvalue weighted by Gasteiger charge is 2.27. The number of furan rings is 2. The molecular formula is C48H40Cl8N10O14S3. The van der Waals surface area contributed by atoms with Crippen LogP contribution in [0.15, 0.2) is 115 Å². The van der Waals surface area contributed by atoms with E-state index in [1.54, 1.807) is 6.07 Å². The molecule has 0 radical (unpaired) electrons. The van der Waals surface area contributed by atoms with Crippen LogP contribution in [0.1, 0.15) is 52.1 Å². The number of aldehydes is 1. The molecule has 1 aliphatic carbocycles. The molecular weight excluding hydrogens is 1320 g/mol. The van der Waals surface area contributed by atoms with Crippen molar-refractivity contribution < 1.29 is 63.3 Å². The smallest absolute Gasteiger partial charge is 0.264 e. The van der Waals surface area contributed by atoms with Crippen molar-refractivity contribution in [1.82, 2.24) is 35.2 Å². The van der Waals surface area contributed by atoms with E-state index in [2.05, 4.69) is 49.4 Å². The number of benzene rings is 3. The molecule has 0 unspecified atom stereocenters. The van der Waals surface area contributed by atoms with Crippen LogP contribution in [0, 0.1) is 0 Å². The average molecular weight is 1360 g/mol. The first-order valence-corrected chi connectivity index (χ1v) is 30.6. The van der Waals surface area contributed by atoms with Crippen molar-refractivity contribution in [2.75, 3.05) is 21.3 Å². The van der Waals surface area contributed by atoms with E-state index in [4.69, 9.17) is 116 Å². The molecule has 0 spiro atoms. The third kappa shape index (κ3) is 17.3. The number of hydrogen-bond acceptors (Lipinski definition) is 21. The van der Waals surface area contributed by atoms with Gasteiger partial charge in [-0.2, -0.15) is 9.97 Å². The van der Waals surface area contributed by atoms with Crippen molar-refractivity contribution in [2.45, 2.75) is 66.5 Å². The van der Waals surface area contributed by atoms with Gasteiger partial charge < -0.3 is 38.6 Å². The minimum absolute atomic E-state index is 0.00506. The second-order valence-corrected chi connectivity index (χ2v) is 24.6. The number of nitrogens with one attached hydrogen (secondary N) is 4. The second-order valence-electron chi connectivity index (χ2n) is 16.5. The molecule has 1 saturated carbocycles. The zero-order valence-electron chi connectivity index (χ0n) is 42.0. The third-order valence-corrected chi connectivity index (χ3v) is 17.9. The first-order valence-electron chi connectivity index (χ1n) is 23.2. The molecule has 9 rings (SSSR count). The molecule has 0 saturated heterocycles. The number of sulfonamides is 3. The third-order valence-electron chi connectivity index (χ3n) is 10.6. The Balaban J connectivity index is 0.000000181. The lowest BCUT2D eigenvalue weighted by molar-refractivity contribution is 0.109. The first kappa shape index (κ1) is 64.5. The topological polar surface area (TPSA) is 339 Å². The molecule has 0 aliphatic heterocycles. The molecule has 440 valence electrons. The fourth-order valence-corrected chi connectivity index (χ4v) is 12.1. The summed E-state index contributed by atoms with van der Waals surface area (Å²) in [7, 11) is -11.1. The fourth-order valence-electron chi connectivity index (χ4n) is 6.56. The molecule has 0 atom stereocenters. The normalized spacial score (nSPS) is 12.3. The van der Waals surface area contributed by atoms with Crippen LogP contribution in [0.2, 0.25) is 40.4 Å². The van der Waals surface area contributed by atoms with Crippen LogP contribution in [-0.4, -0.2) is 84.8 Å². The van der Waals surface area contributed by atoms with Crippen LogP contribution in [0.3, 0.4) is 0 Å². The zero-order chi connectivity index (χ0) is 60.2. The monoisotopic (exact) mass is 1360 g/mol. The number of rotatable bonds is 22. The molecule has 3 aromatic carbocycles. The summed E-state index contributed by atoms with van der Waals surface area (Å²) in [6.45, 7) is -0.542. The van der Waals surface area contributed by atoms with Gasteiger partial charge in [0.15, 0.2) is 22.4 Å². The number of hydrogen-bond donors (Lipinski definition) is 6. The summed E-state index contributed by atoms with van der Waals surface area (Å²) in [5.41, 5.74) is 0.0753. The molecule has 0 bridgehead atoms. The van der Waals surface area contributed by atoms with E-state index in [1.807, 2.05) is 6.07 Å². The quantitative estimate of drug-likeness (QED) is 0.0343. The lowest BCUT2D eigenvalue weighted by atomic mass is 10.3. The highest BCUT2D eigenvalue weighted by Crippen LogP contribution is 2.35. The number of aromatic nitrogens is 6. The Morgan fingerprint density at radius 3 is 1.40 bits per heavy atom. The Labute approximate surface area is 512 Å². The van der Waals surface area contributed by atoms with Crippen LogP contribution < -0.4 is 33.7 Å². The van der Waals surface area contributed by atoms with Crippen molar-refractivity contribution in [1.29, 1.82) is 0 Å². The van der Waals surface area contributed by atoms with Crippen molar-refractivity contribution in [3.63, 3.8) is 0 Å². The lowest BCUT2D eigenvalue weighted by Crippen LogP contribution is -2.17. The molecule has 1 aliphatic rings. The van der Waals surface area contributed by atoms with Crippen LogP contribution in [0.25, 0.3) is 0 Å². The van der Waals surface area contributed by atoms with Gasteiger partial charge in [-0.05, 0) is 73.5 Å². The highest BCUT2D eigenvalue weighted by molar-refractivity contribution is 7.93. The van der Waals surface area contributed by atoms with Gasteiger partial charge in [-0.3, -0.25) is 19.0 Å². The number of aliphatic hydroxyl groups excluding tert-OH is 2. The van der Waals surface area contributed by atoms with Gasteiger partial charge in [0.2, 0.25) is 17.5 Å². The Morgan fingerprint density at radius 2 is 0.976 bits per heavy atom. The number of halogens is 8. The number of carbonyl (C=O) groups excluding carboxylic acids is 1. The van der Waals surface area contributed by atoms with Gasteiger partial charge in [-0.15, -0.1) is 0 Å². The van der Waals surface area contributed by atoms with Gasteiger partial charge in [0, 0.05) is 6.04 Å². The minimum Gasteiger partial charge on any atom is -0.478 e. The Kier molecular flexibility index (Phi) is 22.3. The predicted octanol–water partition coefficient (Wildman–Crippen LogP) is 10.5. The van der Waals surface area contributed by atoms with Gasteiger partial charge in [0.05, 0.1) is 80.8 Å². The summed E-state index contributed by atoms with van der Waals surface area (Å²) >= 11 is 47.3. The van der Waals surface area contributed by atoms with Crippen molar-refractivity contribution in [3.8, 4) is 17.6 Å². The number of nitrogens with zero attached hydrogens (tertiary/aromatic N) is 6. The maximum atomic E-state index is 12.8. The first-order chi connectivity index (χ1) is 39.4. The number of anilines is 3. The molecule has 83 heavy (non-hydrogen) atoms. The summed E-state index contributed by atoms with van der Waals surface area (Å²) in [6, 6.07) is 19.8. The zero-order valence-corrected chi connectivity index (χ0v) is 50.5. The maximum Gasteiger partial charge on any atom is 0.264 e. The van der Waals surface area contributed by atoms with E-state index in [9.17, 15) is 40.3 Å². The molecule has 8 aromatic rings. The van der Waals surface area contributed by atoms with E-state index in [1.165, 1.54) is 92.9 Å². The average Bonchev–Trinajstić information content (AvgIpc) is 4.08. The summed E-state index contributed by atoms with van der Waals surface area (Å²) in [4.78, 5) is 33.6. The minimum atomic E-state index is -4.15. The summed E-state index contributed by atoms with van der Waals surface area (Å²) in [5.74, 6) is 0.655. The number of aliphatic hydroxyl groups is 2. The van der Waals surface area contributed by atoms with E-state index < -0.39 is 43.3 Å². The van der Waals surface area contributed by atoms with Gasteiger partial charge in [0.25, 0.3) is 47.7 Å². The van der Waals surface area contributed by atoms with Crippen molar-refractivity contribution in [3.05, 3.63) is 166 Å². The van der Waals surface area contributed by atoms with E-state index in [0.29, 0.717) is 30.4 Å². The summed E-state index contributed by atoms with van der Waals surface area (Å²) < 4.78 is 110. The lowest BCUT2D eigenvalue weighted by Gasteiger charge is -2.14. The van der Waals surface area contributed by atoms with Crippen molar-refractivity contribution >= 4 is 147 Å². The largest absolute Gasteiger partial charge is 0.478 e. The summed E-state index contributed by atoms with van der Waals surface area (Å²) in [6.07, 6.45) is 5.24. The number of carbonyl (C=O) groups is 1. The Hall–Kier alpha value is -6.02. The van der Waals surface area contributed by atoms with Crippen molar-refractivity contribution in [2.24, 2.45) is 0 Å². The van der Waals surface area contributed by atoms with Crippen LogP contribution in [0.4, 0.5) is 17.5 Å².